The molecule has 1 atom stereocenters. The maximum absolute atomic E-state index is 12.8. The fourth-order valence-electron chi connectivity index (χ4n) is 2.26. The van der Waals surface area contributed by atoms with Crippen LogP contribution >= 0.6 is 0 Å². The molecule has 1 aromatic heterocycles. The van der Waals surface area contributed by atoms with Crippen molar-refractivity contribution in [2.45, 2.75) is 10.9 Å². The highest BCUT2D eigenvalue weighted by Gasteiger charge is 2.33. The van der Waals surface area contributed by atoms with Crippen molar-refractivity contribution in [1.29, 1.82) is 0 Å². The number of sulfonamides is 1. The minimum absolute atomic E-state index is 0.0397. The Morgan fingerprint density at radius 2 is 1.81 bits per heavy atom. The number of rotatable bonds is 6. The largest absolute Gasteiger partial charge is 0.424 e. The molecular formula is C15H14FN5O5S. The van der Waals surface area contributed by atoms with Crippen molar-refractivity contribution in [2.75, 3.05) is 13.6 Å². The number of urea groups is 1. The van der Waals surface area contributed by atoms with Crippen LogP contribution in [-0.4, -0.2) is 54.3 Å². The van der Waals surface area contributed by atoms with Crippen molar-refractivity contribution in [1.82, 2.24) is 24.9 Å². The summed E-state index contributed by atoms with van der Waals surface area (Å²) in [5, 5.41) is 4.37. The first-order chi connectivity index (χ1) is 12.8. The summed E-state index contributed by atoms with van der Waals surface area (Å²) in [6, 6.07) is 3.66. The van der Waals surface area contributed by atoms with Crippen molar-refractivity contribution in [2.24, 2.45) is 0 Å². The first kappa shape index (κ1) is 18.7. The molecule has 12 heteroatoms. The Morgan fingerprint density at radius 1 is 1.19 bits per heavy atom. The molecule has 1 aliphatic rings. The van der Waals surface area contributed by atoms with E-state index in [1.165, 1.54) is 31.3 Å². The number of benzene rings is 1. The maximum Gasteiger partial charge on any atom is 0.322 e. The zero-order valence-corrected chi connectivity index (χ0v) is 14.7. The molecule has 3 amide bonds. The number of amides is 3. The van der Waals surface area contributed by atoms with Crippen LogP contribution in [0.3, 0.4) is 0 Å². The Morgan fingerprint density at radius 3 is 2.37 bits per heavy atom. The average Bonchev–Trinajstić information content (AvgIpc) is 2.94. The molecule has 0 aliphatic carbocycles. The number of imide groups is 1. The van der Waals surface area contributed by atoms with Gasteiger partial charge in [0.25, 0.3) is 5.91 Å². The van der Waals surface area contributed by atoms with Crippen molar-refractivity contribution >= 4 is 22.0 Å². The Hall–Kier alpha value is -3.12. The Balaban J connectivity index is 1.70. The highest BCUT2D eigenvalue weighted by Crippen LogP contribution is 2.22. The lowest BCUT2D eigenvalue weighted by Gasteiger charge is -2.19. The standard InChI is InChI=1S/C15H14FN5O5S/c1-21(8-12-13(22)20-14(23)19-12)27(24,25)11-4-2-10(3-5-11)26-15-17-6-9(16)7-18-15/h2-7,12H,8H2,1H3,(H2,19,20,22,23)/t12-/m0/s1. The highest BCUT2D eigenvalue weighted by atomic mass is 32.2. The molecule has 10 nitrogen and oxygen atoms in total. The molecule has 27 heavy (non-hydrogen) atoms. The number of hydrogen-bond acceptors (Lipinski definition) is 7. The molecule has 0 radical (unpaired) electrons. The second kappa shape index (κ2) is 7.25. The fourth-order valence-corrected chi connectivity index (χ4v) is 3.45. The van der Waals surface area contributed by atoms with Crippen LogP contribution in [0.4, 0.5) is 9.18 Å². The van der Waals surface area contributed by atoms with Gasteiger partial charge in [-0.15, -0.1) is 0 Å². The van der Waals surface area contributed by atoms with Gasteiger partial charge in [0.1, 0.15) is 11.8 Å². The average molecular weight is 395 g/mol. The van der Waals surface area contributed by atoms with Crippen molar-refractivity contribution in [3.05, 3.63) is 42.5 Å². The van der Waals surface area contributed by atoms with Crippen LogP contribution in [0.1, 0.15) is 0 Å². The molecule has 1 saturated heterocycles. The van der Waals surface area contributed by atoms with Gasteiger partial charge in [-0.1, -0.05) is 0 Å². The molecule has 3 rings (SSSR count). The van der Waals surface area contributed by atoms with Crippen LogP contribution in [0.25, 0.3) is 0 Å². The van der Waals surface area contributed by atoms with Crippen LogP contribution in [0.5, 0.6) is 11.8 Å². The number of ether oxygens (including phenoxy) is 1. The van der Waals surface area contributed by atoms with E-state index in [1.54, 1.807) is 0 Å². The van der Waals surface area contributed by atoms with E-state index in [0.717, 1.165) is 16.7 Å². The molecule has 0 bridgehead atoms. The van der Waals surface area contributed by atoms with E-state index in [2.05, 4.69) is 15.3 Å². The lowest BCUT2D eigenvalue weighted by atomic mass is 10.3. The third-order valence-corrected chi connectivity index (χ3v) is 5.47. The van der Waals surface area contributed by atoms with Crippen LogP contribution in [0, 0.1) is 5.82 Å². The summed E-state index contributed by atoms with van der Waals surface area (Å²) in [5.74, 6) is -0.949. The normalized spacial score (nSPS) is 16.9. The minimum atomic E-state index is -3.90. The molecule has 0 spiro atoms. The lowest BCUT2D eigenvalue weighted by Crippen LogP contribution is -2.42. The monoisotopic (exact) mass is 395 g/mol. The first-order valence-electron chi connectivity index (χ1n) is 7.59. The van der Waals surface area contributed by atoms with Gasteiger partial charge in [0.15, 0.2) is 5.82 Å². The molecule has 1 fully saturated rings. The number of nitrogens with zero attached hydrogens (tertiary/aromatic N) is 3. The van der Waals surface area contributed by atoms with Gasteiger partial charge in [0.2, 0.25) is 10.0 Å². The number of nitrogens with one attached hydrogen (secondary N) is 2. The van der Waals surface area contributed by atoms with Gasteiger partial charge in [-0.2, -0.15) is 4.31 Å². The van der Waals surface area contributed by atoms with Crippen LogP contribution in [0.15, 0.2) is 41.6 Å². The van der Waals surface area contributed by atoms with Gasteiger partial charge < -0.3 is 10.1 Å². The zero-order valence-electron chi connectivity index (χ0n) is 13.9. The second-order valence-electron chi connectivity index (χ2n) is 5.56. The smallest absolute Gasteiger partial charge is 0.322 e. The summed E-state index contributed by atoms with van der Waals surface area (Å²) >= 11 is 0. The molecule has 2 heterocycles. The summed E-state index contributed by atoms with van der Waals surface area (Å²) in [7, 11) is -2.60. The minimum Gasteiger partial charge on any atom is -0.424 e. The number of halogens is 1. The Kier molecular flexibility index (Phi) is 5.01. The topological polar surface area (TPSA) is 131 Å². The summed E-state index contributed by atoms with van der Waals surface area (Å²) in [6.07, 6.45) is 1.88. The van der Waals surface area contributed by atoms with E-state index in [1.807, 2.05) is 5.32 Å². The fraction of sp³-hybridized carbons (Fsp3) is 0.200. The summed E-state index contributed by atoms with van der Waals surface area (Å²) < 4.78 is 44.2. The summed E-state index contributed by atoms with van der Waals surface area (Å²) in [4.78, 5) is 29.9. The van der Waals surface area contributed by atoms with Crippen LogP contribution < -0.4 is 15.4 Å². The van der Waals surface area contributed by atoms with E-state index in [0.29, 0.717) is 0 Å². The van der Waals surface area contributed by atoms with E-state index in [4.69, 9.17) is 4.74 Å². The number of likely N-dealkylation sites (N-methyl/N-ethyl adjacent to an activating group) is 1. The van der Waals surface area contributed by atoms with Gasteiger partial charge in [-0.05, 0) is 24.3 Å². The highest BCUT2D eigenvalue weighted by molar-refractivity contribution is 7.89. The Bertz CT molecular complexity index is 965. The van der Waals surface area contributed by atoms with E-state index >= 15 is 0 Å². The molecule has 0 unspecified atom stereocenters. The third-order valence-electron chi connectivity index (χ3n) is 3.64. The second-order valence-corrected chi connectivity index (χ2v) is 7.60. The van der Waals surface area contributed by atoms with E-state index in [-0.39, 0.29) is 23.2 Å². The molecule has 1 aromatic carbocycles. The third kappa shape index (κ3) is 4.17. The predicted molar refractivity (Wildman–Crippen MR) is 88.8 cm³/mol. The zero-order chi connectivity index (χ0) is 19.6. The van der Waals surface area contributed by atoms with Crippen molar-refractivity contribution in [3.8, 4) is 11.8 Å². The van der Waals surface area contributed by atoms with Crippen LogP contribution in [-0.2, 0) is 14.8 Å². The molecule has 0 saturated carbocycles. The Labute approximate surface area is 153 Å². The van der Waals surface area contributed by atoms with Gasteiger partial charge in [-0.3, -0.25) is 10.1 Å². The van der Waals surface area contributed by atoms with Crippen LogP contribution in [0.2, 0.25) is 0 Å². The molecule has 2 aromatic rings. The van der Waals surface area contributed by atoms with Gasteiger partial charge in [0.05, 0.1) is 17.3 Å². The van der Waals surface area contributed by atoms with E-state index in [9.17, 15) is 22.4 Å². The number of carbonyl (C=O) groups excluding carboxylic acids is 2. The molecule has 142 valence electrons. The number of aromatic nitrogens is 2. The maximum atomic E-state index is 12.8. The molecular weight excluding hydrogens is 381 g/mol. The summed E-state index contributed by atoms with van der Waals surface area (Å²) in [6.45, 7) is -0.221. The molecule has 1 aliphatic heterocycles. The molecule has 2 N–H and O–H groups in total. The first-order valence-corrected chi connectivity index (χ1v) is 9.03. The number of hydrogen-bond donors (Lipinski definition) is 2. The predicted octanol–water partition coefficient (Wildman–Crippen LogP) is 0.236. The van der Waals surface area contributed by atoms with Gasteiger partial charge >= 0.3 is 12.0 Å². The lowest BCUT2D eigenvalue weighted by molar-refractivity contribution is -0.120. The summed E-state index contributed by atoms with van der Waals surface area (Å²) in [5.41, 5.74) is 0. The van der Waals surface area contributed by atoms with Crippen molar-refractivity contribution < 1.29 is 27.1 Å². The van der Waals surface area contributed by atoms with Crippen molar-refractivity contribution in [3.63, 3.8) is 0 Å². The SMILES string of the molecule is CN(C[C@@H]1NC(=O)NC1=O)S(=O)(=O)c1ccc(Oc2ncc(F)cn2)cc1. The quantitative estimate of drug-likeness (QED) is 0.670. The van der Waals surface area contributed by atoms with E-state index < -0.39 is 33.8 Å². The number of carbonyl (C=O) groups is 2. The van der Waals surface area contributed by atoms with Gasteiger partial charge in [0, 0.05) is 13.6 Å². The van der Waals surface area contributed by atoms with Gasteiger partial charge in [-0.25, -0.2) is 27.6 Å².